The van der Waals surface area contributed by atoms with Crippen molar-refractivity contribution < 1.29 is 14.6 Å². The van der Waals surface area contributed by atoms with Gasteiger partial charge in [0.1, 0.15) is 11.9 Å². The monoisotopic (exact) mass is 340 g/mol. The van der Waals surface area contributed by atoms with Crippen LogP contribution in [0.15, 0.2) is 54.6 Å². The van der Waals surface area contributed by atoms with Crippen molar-refractivity contribution in [3.05, 3.63) is 65.7 Å². The van der Waals surface area contributed by atoms with Gasteiger partial charge in [0, 0.05) is 0 Å². The molecular weight excluding hydrogens is 312 g/mol. The molecule has 2 aromatic rings. The van der Waals surface area contributed by atoms with Crippen molar-refractivity contribution in [2.24, 2.45) is 5.92 Å². The molecule has 0 bridgehead atoms. The highest BCUT2D eigenvalue weighted by atomic mass is 16.5. The molecule has 2 aromatic carbocycles. The van der Waals surface area contributed by atoms with E-state index in [4.69, 9.17) is 4.74 Å². The first-order valence-electron chi connectivity index (χ1n) is 9.05. The summed E-state index contributed by atoms with van der Waals surface area (Å²) in [5, 5.41) is 9.42. The van der Waals surface area contributed by atoms with Gasteiger partial charge in [-0.25, -0.2) is 0 Å². The summed E-state index contributed by atoms with van der Waals surface area (Å²) in [6.45, 7) is 5.99. The third-order valence-electron chi connectivity index (χ3n) is 4.77. The maximum absolute atomic E-state index is 12.4. The van der Waals surface area contributed by atoms with Gasteiger partial charge in [0.05, 0.1) is 5.92 Å². The molecular formula is C22H28O3. The van der Waals surface area contributed by atoms with Crippen molar-refractivity contribution in [1.29, 1.82) is 0 Å². The highest BCUT2D eigenvalue weighted by Gasteiger charge is 2.20. The molecule has 0 saturated heterocycles. The number of benzene rings is 2. The summed E-state index contributed by atoms with van der Waals surface area (Å²) in [5.74, 6) is 0.405. The number of ether oxygens (including phenoxy) is 1. The molecule has 0 heterocycles. The van der Waals surface area contributed by atoms with Crippen LogP contribution in [0.2, 0.25) is 0 Å². The molecule has 0 aliphatic heterocycles. The molecule has 25 heavy (non-hydrogen) atoms. The van der Waals surface area contributed by atoms with Gasteiger partial charge in [-0.15, -0.1) is 0 Å². The van der Waals surface area contributed by atoms with Crippen LogP contribution in [0.3, 0.4) is 0 Å². The van der Waals surface area contributed by atoms with Crippen LogP contribution in [0.1, 0.15) is 63.2 Å². The van der Waals surface area contributed by atoms with E-state index in [0.717, 1.165) is 24.8 Å². The molecule has 134 valence electrons. The van der Waals surface area contributed by atoms with E-state index in [1.54, 1.807) is 12.1 Å². The number of hydrogen-bond acceptors (Lipinski definition) is 3. The van der Waals surface area contributed by atoms with Gasteiger partial charge in [-0.1, -0.05) is 56.3 Å². The molecule has 3 nitrogen and oxygen atoms in total. The van der Waals surface area contributed by atoms with Gasteiger partial charge in [0.25, 0.3) is 0 Å². The van der Waals surface area contributed by atoms with Crippen molar-refractivity contribution in [1.82, 2.24) is 0 Å². The summed E-state index contributed by atoms with van der Waals surface area (Å²) >= 11 is 0. The largest absolute Gasteiger partial charge is 0.508 e. The van der Waals surface area contributed by atoms with Crippen LogP contribution in [0, 0.1) is 5.92 Å². The summed E-state index contributed by atoms with van der Waals surface area (Å²) in [5.41, 5.74) is 2.22. The number of phenolic OH excluding ortho intramolecular Hbond substituents is 1. The molecule has 3 unspecified atom stereocenters. The fourth-order valence-electron chi connectivity index (χ4n) is 3.00. The van der Waals surface area contributed by atoms with Crippen LogP contribution >= 0.6 is 0 Å². The standard InChI is InChI=1S/C22H28O3/c1-4-18(20-12-14-21(23)15-13-20)11-10-16(2)22(24)25-17(3)19-8-6-5-7-9-19/h5-9,12-18,23H,4,10-11H2,1-3H3. The molecule has 0 aliphatic carbocycles. The van der Waals surface area contributed by atoms with Crippen molar-refractivity contribution >= 4 is 5.97 Å². The van der Waals surface area contributed by atoms with Gasteiger partial charge in [-0.05, 0) is 55.4 Å². The van der Waals surface area contributed by atoms with E-state index in [9.17, 15) is 9.90 Å². The van der Waals surface area contributed by atoms with E-state index in [1.807, 2.05) is 56.3 Å². The van der Waals surface area contributed by atoms with Gasteiger partial charge >= 0.3 is 5.97 Å². The number of carbonyl (C=O) groups excluding carboxylic acids is 1. The number of esters is 1. The number of phenols is 1. The molecule has 0 saturated carbocycles. The van der Waals surface area contributed by atoms with Gasteiger partial charge in [-0.2, -0.15) is 0 Å². The van der Waals surface area contributed by atoms with Crippen LogP contribution in [-0.2, 0) is 9.53 Å². The first kappa shape index (κ1) is 19.0. The Balaban J connectivity index is 1.86. The normalized spacial score (nSPS) is 14.5. The Hall–Kier alpha value is -2.29. The number of hydrogen-bond donors (Lipinski definition) is 1. The maximum Gasteiger partial charge on any atom is 0.309 e. The third-order valence-corrected chi connectivity index (χ3v) is 4.77. The summed E-state index contributed by atoms with van der Waals surface area (Å²) in [4.78, 5) is 12.4. The molecule has 0 radical (unpaired) electrons. The lowest BCUT2D eigenvalue weighted by Gasteiger charge is -2.20. The summed E-state index contributed by atoms with van der Waals surface area (Å²) in [6, 6.07) is 17.2. The van der Waals surface area contributed by atoms with Gasteiger partial charge in [0.2, 0.25) is 0 Å². The van der Waals surface area contributed by atoms with Crippen molar-refractivity contribution in [3.8, 4) is 5.75 Å². The van der Waals surface area contributed by atoms with Gasteiger partial charge < -0.3 is 9.84 Å². The van der Waals surface area contributed by atoms with Crippen molar-refractivity contribution in [2.75, 3.05) is 0 Å². The van der Waals surface area contributed by atoms with Crippen LogP contribution in [0.5, 0.6) is 5.75 Å². The second kappa shape index (κ2) is 9.26. The highest BCUT2D eigenvalue weighted by Crippen LogP contribution is 2.28. The smallest absolute Gasteiger partial charge is 0.309 e. The summed E-state index contributed by atoms with van der Waals surface area (Å²) < 4.78 is 5.61. The maximum atomic E-state index is 12.4. The lowest BCUT2D eigenvalue weighted by molar-refractivity contribution is -0.153. The molecule has 0 fully saturated rings. The fourth-order valence-corrected chi connectivity index (χ4v) is 3.00. The summed E-state index contributed by atoms with van der Waals surface area (Å²) in [6.07, 6.45) is 2.50. The van der Waals surface area contributed by atoms with Gasteiger partial charge in [0.15, 0.2) is 0 Å². The average Bonchev–Trinajstić information content (AvgIpc) is 2.64. The second-order valence-electron chi connectivity index (χ2n) is 6.66. The summed E-state index contributed by atoms with van der Waals surface area (Å²) in [7, 11) is 0. The molecule has 0 amide bonds. The van der Waals surface area contributed by atoms with E-state index < -0.39 is 0 Å². The number of carbonyl (C=O) groups is 1. The van der Waals surface area contributed by atoms with E-state index in [2.05, 4.69) is 6.92 Å². The molecule has 3 heteroatoms. The minimum atomic E-state index is -0.227. The lowest BCUT2D eigenvalue weighted by Crippen LogP contribution is -2.17. The van der Waals surface area contributed by atoms with Crippen LogP contribution in [0.4, 0.5) is 0 Å². The fraction of sp³-hybridized carbons (Fsp3) is 0.409. The Kier molecular flexibility index (Phi) is 7.05. The van der Waals surface area contributed by atoms with Gasteiger partial charge in [-0.3, -0.25) is 4.79 Å². The van der Waals surface area contributed by atoms with Crippen LogP contribution < -0.4 is 0 Å². The Morgan fingerprint density at radius 2 is 1.60 bits per heavy atom. The Bertz CT molecular complexity index is 649. The van der Waals surface area contributed by atoms with Crippen LogP contribution in [0.25, 0.3) is 0 Å². The molecule has 2 rings (SSSR count). The van der Waals surface area contributed by atoms with Crippen molar-refractivity contribution in [3.63, 3.8) is 0 Å². The third kappa shape index (κ3) is 5.63. The Labute approximate surface area is 150 Å². The number of aromatic hydroxyl groups is 1. The molecule has 0 aromatic heterocycles. The van der Waals surface area contributed by atoms with E-state index >= 15 is 0 Å². The predicted molar refractivity (Wildman–Crippen MR) is 100 cm³/mol. The quantitative estimate of drug-likeness (QED) is 0.636. The lowest BCUT2D eigenvalue weighted by atomic mass is 9.89. The molecule has 0 aliphatic rings. The van der Waals surface area contributed by atoms with E-state index in [-0.39, 0.29) is 23.7 Å². The Morgan fingerprint density at radius 3 is 2.20 bits per heavy atom. The van der Waals surface area contributed by atoms with Crippen LogP contribution in [-0.4, -0.2) is 11.1 Å². The second-order valence-corrected chi connectivity index (χ2v) is 6.66. The molecule has 1 N–H and O–H groups in total. The van der Waals surface area contributed by atoms with Crippen molar-refractivity contribution in [2.45, 2.75) is 52.1 Å². The number of rotatable bonds is 8. The zero-order valence-electron chi connectivity index (χ0n) is 15.3. The minimum absolute atomic E-state index is 0.127. The van der Waals surface area contributed by atoms with E-state index in [1.165, 1.54) is 5.56 Å². The minimum Gasteiger partial charge on any atom is -0.508 e. The first-order chi connectivity index (χ1) is 12.0. The first-order valence-corrected chi connectivity index (χ1v) is 9.05. The average molecular weight is 340 g/mol. The van der Waals surface area contributed by atoms with E-state index in [0.29, 0.717) is 5.92 Å². The SMILES string of the molecule is CCC(CCC(C)C(=O)OC(C)c1ccccc1)c1ccc(O)cc1. The molecule has 3 atom stereocenters. The zero-order valence-corrected chi connectivity index (χ0v) is 15.3. The topological polar surface area (TPSA) is 46.5 Å². The Morgan fingerprint density at radius 1 is 0.960 bits per heavy atom. The molecule has 0 spiro atoms. The predicted octanol–water partition coefficient (Wildman–Crippen LogP) is 5.61. The zero-order chi connectivity index (χ0) is 18.2. The highest BCUT2D eigenvalue weighted by molar-refractivity contribution is 5.72.